The van der Waals surface area contributed by atoms with Crippen molar-refractivity contribution in [1.82, 2.24) is 5.48 Å². The van der Waals surface area contributed by atoms with Gasteiger partial charge in [-0.1, -0.05) is 6.07 Å². The standard InChI is InChI=1S/C14H23NO4/c1-11(15-19-8-7-16-2)12-5-6-14(18-4)13(9-12)10-17-3/h5-6,9,11,15H,7-8,10H2,1-4H3. The Kier molecular flexibility index (Phi) is 7.43. The van der Waals surface area contributed by atoms with Gasteiger partial charge in [0, 0.05) is 19.8 Å². The van der Waals surface area contributed by atoms with Gasteiger partial charge in [0.1, 0.15) is 5.75 Å². The van der Waals surface area contributed by atoms with E-state index >= 15 is 0 Å². The summed E-state index contributed by atoms with van der Waals surface area (Å²) in [5.74, 6) is 0.832. The van der Waals surface area contributed by atoms with Crippen LogP contribution in [0.1, 0.15) is 24.1 Å². The third kappa shape index (κ3) is 5.16. The van der Waals surface area contributed by atoms with E-state index in [1.54, 1.807) is 21.3 Å². The molecular formula is C14H23NO4. The molecule has 108 valence electrons. The molecule has 1 rings (SSSR count). The Hall–Kier alpha value is -1.14. The summed E-state index contributed by atoms with van der Waals surface area (Å²) in [6, 6.07) is 6.09. The van der Waals surface area contributed by atoms with Crippen molar-refractivity contribution in [3.05, 3.63) is 29.3 Å². The van der Waals surface area contributed by atoms with E-state index in [2.05, 4.69) is 11.5 Å². The van der Waals surface area contributed by atoms with Gasteiger partial charge in [-0.2, -0.15) is 5.48 Å². The molecule has 0 saturated carbocycles. The van der Waals surface area contributed by atoms with Crippen molar-refractivity contribution in [2.24, 2.45) is 0 Å². The first-order valence-corrected chi connectivity index (χ1v) is 6.25. The quantitative estimate of drug-likeness (QED) is 0.549. The van der Waals surface area contributed by atoms with Crippen molar-refractivity contribution in [1.29, 1.82) is 0 Å². The zero-order valence-electron chi connectivity index (χ0n) is 12.1. The lowest BCUT2D eigenvalue weighted by molar-refractivity contribution is -0.00928. The van der Waals surface area contributed by atoms with Gasteiger partial charge in [-0.3, -0.25) is 4.84 Å². The van der Waals surface area contributed by atoms with E-state index in [0.29, 0.717) is 19.8 Å². The second-order valence-corrected chi connectivity index (χ2v) is 4.19. The van der Waals surface area contributed by atoms with Gasteiger partial charge >= 0.3 is 0 Å². The summed E-state index contributed by atoms with van der Waals surface area (Å²) < 4.78 is 15.4. The van der Waals surface area contributed by atoms with Crippen LogP contribution in [-0.4, -0.2) is 34.5 Å². The normalized spacial score (nSPS) is 12.4. The third-order valence-corrected chi connectivity index (χ3v) is 2.75. The van der Waals surface area contributed by atoms with Crippen LogP contribution in [0, 0.1) is 0 Å². The highest BCUT2D eigenvalue weighted by molar-refractivity contribution is 5.37. The monoisotopic (exact) mass is 269 g/mol. The van der Waals surface area contributed by atoms with E-state index in [9.17, 15) is 0 Å². The van der Waals surface area contributed by atoms with Crippen molar-refractivity contribution in [3.8, 4) is 5.75 Å². The Balaban J connectivity index is 2.63. The second kappa shape index (κ2) is 8.87. The number of rotatable bonds is 9. The fraction of sp³-hybridized carbons (Fsp3) is 0.571. The molecular weight excluding hydrogens is 246 g/mol. The summed E-state index contributed by atoms with van der Waals surface area (Å²) in [7, 11) is 4.97. The number of hydrogen-bond acceptors (Lipinski definition) is 5. The Bertz CT molecular complexity index is 370. The van der Waals surface area contributed by atoms with Gasteiger partial charge in [-0.15, -0.1) is 0 Å². The first kappa shape index (κ1) is 15.9. The Morgan fingerprint density at radius 1 is 1.11 bits per heavy atom. The fourth-order valence-corrected chi connectivity index (χ4v) is 1.71. The maximum absolute atomic E-state index is 5.31. The van der Waals surface area contributed by atoms with Gasteiger partial charge in [-0.05, 0) is 24.6 Å². The second-order valence-electron chi connectivity index (χ2n) is 4.19. The highest BCUT2D eigenvalue weighted by Gasteiger charge is 2.09. The summed E-state index contributed by atoms with van der Waals surface area (Å²) in [6.07, 6.45) is 0. The Morgan fingerprint density at radius 3 is 2.53 bits per heavy atom. The van der Waals surface area contributed by atoms with E-state index in [0.717, 1.165) is 16.9 Å². The first-order chi connectivity index (χ1) is 9.22. The average Bonchev–Trinajstić information content (AvgIpc) is 2.43. The summed E-state index contributed by atoms with van der Waals surface area (Å²) in [4.78, 5) is 5.31. The van der Waals surface area contributed by atoms with Gasteiger partial charge in [0.2, 0.25) is 0 Å². The van der Waals surface area contributed by atoms with Crippen LogP contribution < -0.4 is 10.2 Å². The van der Waals surface area contributed by atoms with Crippen LogP contribution in [0.5, 0.6) is 5.75 Å². The van der Waals surface area contributed by atoms with E-state index in [4.69, 9.17) is 19.0 Å². The first-order valence-electron chi connectivity index (χ1n) is 6.25. The molecule has 0 heterocycles. The molecule has 0 spiro atoms. The molecule has 1 aromatic rings. The largest absolute Gasteiger partial charge is 0.496 e. The fourth-order valence-electron chi connectivity index (χ4n) is 1.71. The lowest BCUT2D eigenvalue weighted by atomic mass is 10.1. The van der Waals surface area contributed by atoms with E-state index in [1.165, 1.54) is 0 Å². The average molecular weight is 269 g/mol. The van der Waals surface area contributed by atoms with Crippen molar-refractivity contribution < 1.29 is 19.0 Å². The number of benzene rings is 1. The molecule has 0 saturated heterocycles. The molecule has 0 amide bonds. The predicted octanol–water partition coefficient (Wildman–Crippen LogP) is 2.07. The van der Waals surface area contributed by atoms with Crippen LogP contribution in [-0.2, 0) is 20.9 Å². The SMILES string of the molecule is COCCONC(C)c1ccc(OC)c(COC)c1. The van der Waals surface area contributed by atoms with Gasteiger partial charge in [0.05, 0.1) is 33.0 Å². The molecule has 0 aliphatic carbocycles. The molecule has 1 aromatic carbocycles. The lowest BCUT2D eigenvalue weighted by Gasteiger charge is -2.16. The third-order valence-electron chi connectivity index (χ3n) is 2.75. The number of hydroxylamine groups is 1. The van der Waals surface area contributed by atoms with E-state index in [-0.39, 0.29) is 6.04 Å². The molecule has 1 atom stereocenters. The minimum absolute atomic E-state index is 0.0818. The zero-order chi connectivity index (χ0) is 14.1. The summed E-state index contributed by atoms with van der Waals surface area (Å²) in [5, 5.41) is 0. The molecule has 19 heavy (non-hydrogen) atoms. The molecule has 1 unspecified atom stereocenters. The topological polar surface area (TPSA) is 49.0 Å². The van der Waals surface area contributed by atoms with Gasteiger partial charge < -0.3 is 14.2 Å². The highest BCUT2D eigenvalue weighted by Crippen LogP contribution is 2.23. The smallest absolute Gasteiger partial charge is 0.124 e. The maximum atomic E-state index is 5.31. The number of ether oxygens (including phenoxy) is 3. The highest BCUT2D eigenvalue weighted by atomic mass is 16.7. The van der Waals surface area contributed by atoms with Gasteiger partial charge in [0.25, 0.3) is 0 Å². The predicted molar refractivity (Wildman–Crippen MR) is 73.1 cm³/mol. The van der Waals surface area contributed by atoms with Crippen LogP contribution in [0.2, 0.25) is 0 Å². The van der Waals surface area contributed by atoms with Crippen LogP contribution in [0.15, 0.2) is 18.2 Å². The van der Waals surface area contributed by atoms with Gasteiger partial charge in [0.15, 0.2) is 0 Å². The number of nitrogens with one attached hydrogen (secondary N) is 1. The summed E-state index contributed by atoms with van der Waals surface area (Å²) in [5.41, 5.74) is 5.12. The van der Waals surface area contributed by atoms with Crippen LogP contribution >= 0.6 is 0 Å². The molecule has 0 aliphatic heterocycles. The molecule has 1 N–H and O–H groups in total. The Morgan fingerprint density at radius 2 is 1.89 bits per heavy atom. The molecule has 0 aliphatic rings. The number of methoxy groups -OCH3 is 3. The van der Waals surface area contributed by atoms with Crippen LogP contribution in [0.4, 0.5) is 0 Å². The van der Waals surface area contributed by atoms with Crippen LogP contribution in [0.3, 0.4) is 0 Å². The van der Waals surface area contributed by atoms with E-state index < -0.39 is 0 Å². The number of hydrogen-bond donors (Lipinski definition) is 1. The molecule has 0 bridgehead atoms. The molecule has 5 nitrogen and oxygen atoms in total. The lowest BCUT2D eigenvalue weighted by Crippen LogP contribution is -2.21. The Labute approximate surface area is 114 Å². The minimum Gasteiger partial charge on any atom is -0.496 e. The van der Waals surface area contributed by atoms with Crippen molar-refractivity contribution in [2.45, 2.75) is 19.6 Å². The van der Waals surface area contributed by atoms with Gasteiger partial charge in [-0.25, -0.2) is 0 Å². The van der Waals surface area contributed by atoms with Crippen LogP contribution in [0.25, 0.3) is 0 Å². The molecule has 0 aromatic heterocycles. The minimum atomic E-state index is 0.0818. The molecule has 0 radical (unpaired) electrons. The maximum Gasteiger partial charge on any atom is 0.124 e. The zero-order valence-corrected chi connectivity index (χ0v) is 12.1. The molecule has 0 fully saturated rings. The summed E-state index contributed by atoms with van der Waals surface area (Å²) in [6.45, 7) is 3.64. The van der Waals surface area contributed by atoms with Crippen molar-refractivity contribution >= 4 is 0 Å². The molecule has 5 heteroatoms. The van der Waals surface area contributed by atoms with Crippen molar-refractivity contribution in [2.75, 3.05) is 34.5 Å². The van der Waals surface area contributed by atoms with E-state index in [1.807, 2.05) is 19.1 Å². The summed E-state index contributed by atoms with van der Waals surface area (Å²) >= 11 is 0. The van der Waals surface area contributed by atoms with Crippen molar-refractivity contribution in [3.63, 3.8) is 0 Å².